The molecule has 38 heavy (non-hydrogen) atoms. The van der Waals surface area contributed by atoms with Gasteiger partial charge in [-0.15, -0.1) is 0 Å². The molecule has 0 unspecified atom stereocenters. The second-order valence-electron chi connectivity index (χ2n) is 12.0. The van der Waals surface area contributed by atoms with Gasteiger partial charge in [0.05, 0.1) is 11.8 Å². The normalized spacial score (nSPS) is 26.4. The molecule has 2 heterocycles. The highest BCUT2D eigenvalue weighted by Gasteiger charge is 2.48. The van der Waals surface area contributed by atoms with Crippen LogP contribution in [-0.4, -0.2) is 51.4 Å². The molecule has 0 bridgehead atoms. The second kappa shape index (κ2) is 9.67. The quantitative estimate of drug-likeness (QED) is 0.555. The Morgan fingerprint density at radius 3 is 2.58 bits per heavy atom. The maximum Gasteiger partial charge on any atom is 0.225 e. The van der Waals surface area contributed by atoms with E-state index in [1.54, 1.807) is 0 Å². The Labute approximate surface area is 224 Å². The number of carbonyl (C=O) groups is 1. The van der Waals surface area contributed by atoms with E-state index in [1.165, 1.54) is 0 Å². The Kier molecular flexibility index (Phi) is 6.79. The summed E-state index contributed by atoms with van der Waals surface area (Å²) in [6, 6.07) is 10.0. The van der Waals surface area contributed by atoms with Crippen LogP contribution in [0.2, 0.25) is 0 Å². The molecule has 3 fully saturated rings. The van der Waals surface area contributed by atoms with Crippen molar-refractivity contribution in [2.45, 2.75) is 75.9 Å². The molecule has 2 aliphatic carbocycles. The fraction of sp³-hybridized carbons (Fsp3) is 0.607. The second-order valence-corrected chi connectivity index (χ2v) is 14.5. The van der Waals surface area contributed by atoms with Gasteiger partial charge < -0.3 is 14.6 Å². The Morgan fingerprint density at radius 2 is 1.95 bits per heavy atom. The SMILES string of the molecule is CC(C)(C)c1nc([C@@H]2CC[C@H](F)C[C@H]2C(=O)NC2(C#N)CC2)c(-c2ccccc2N2CCS(=N)(=O)CC2)o1. The number of nitriles is 1. The number of oxazole rings is 1. The van der Waals surface area contributed by atoms with Crippen LogP contribution in [0.5, 0.6) is 0 Å². The molecule has 2 saturated carbocycles. The Balaban J connectivity index is 1.57. The third-order valence-corrected chi connectivity index (χ3v) is 9.65. The predicted molar refractivity (Wildman–Crippen MR) is 144 cm³/mol. The average molecular weight is 542 g/mol. The Hall–Kier alpha value is -2.93. The number of rotatable bonds is 5. The zero-order valence-electron chi connectivity index (χ0n) is 22.3. The minimum absolute atomic E-state index is 0.0841. The maximum atomic E-state index is 14.7. The molecule has 5 rings (SSSR count). The van der Waals surface area contributed by atoms with Crippen molar-refractivity contribution >= 4 is 21.3 Å². The van der Waals surface area contributed by atoms with Crippen molar-refractivity contribution in [1.82, 2.24) is 10.3 Å². The van der Waals surface area contributed by atoms with E-state index in [0.717, 1.165) is 11.3 Å². The topological polar surface area (TPSA) is 123 Å². The van der Waals surface area contributed by atoms with Gasteiger partial charge in [0.1, 0.15) is 11.7 Å². The van der Waals surface area contributed by atoms with Crippen molar-refractivity contribution in [1.29, 1.82) is 10.0 Å². The maximum absolute atomic E-state index is 14.7. The summed E-state index contributed by atoms with van der Waals surface area (Å²) in [5.41, 5.74) is 1.16. The number of nitrogens with zero attached hydrogens (tertiary/aromatic N) is 3. The molecule has 3 atom stereocenters. The van der Waals surface area contributed by atoms with Gasteiger partial charge in [-0.25, -0.2) is 13.6 Å². The number of anilines is 1. The number of carbonyl (C=O) groups excluding carboxylic acids is 1. The van der Waals surface area contributed by atoms with Crippen LogP contribution in [0.15, 0.2) is 28.7 Å². The van der Waals surface area contributed by atoms with Gasteiger partial charge in [0.2, 0.25) is 11.8 Å². The van der Waals surface area contributed by atoms with Crippen molar-refractivity contribution in [2.24, 2.45) is 5.92 Å². The Morgan fingerprint density at radius 1 is 1.26 bits per heavy atom. The van der Waals surface area contributed by atoms with Gasteiger partial charge in [-0.05, 0) is 44.2 Å². The first-order chi connectivity index (χ1) is 17.9. The number of alkyl halides is 1. The lowest BCUT2D eigenvalue weighted by Crippen LogP contribution is -2.44. The van der Waals surface area contributed by atoms with Gasteiger partial charge in [-0.1, -0.05) is 32.9 Å². The van der Waals surface area contributed by atoms with Crippen LogP contribution < -0.4 is 10.2 Å². The number of halogens is 1. The largest absolute Gasteiger partial charge is 0.440 e. The van der Waals surface area contributed by atoms with Gasteiger partial charge >= 0.3 is 0 Å². The van der Waals surface area contributed by atoms with E-state index >= 15 is 0 Å². The molecular formula is C28H36FN5O3S. The number of benzene rings is 1. The third kappa shape index (κ3) is 5.31. The van der Waals surface area contributed by atoms with E-state index in [9.17, 15) is 18.7 Å². The van der Waals surface area contributed by atoms with E-state index in [1.807, 2.05) is 45.0 Å². The van der Waals surface area contributed by atoms with Gasteiger partial charge in [-0.2, -0.15) is 5.26 Å². The lowest BCUT2D eigenvalue weighted by molar-refractivity contribution is -0.128. The highest BCUT2D eigenvalue weighted by atomic mass is 32.2. The molecule has 3 aliphatic rings. The molecule has 1 aromatic carbocycles. The number of hydrogen-bond donors (Lipinski definition) is 2. The number of hydrogen-bond acceptors (Lipinski definition) is 7. The standard InChI is InChI=1S/C28H36FN5O3S/c1-27(2,3)26-32-23(19-9-8-18(29)16-21(19)25(35)33-28(17-30)10-11-28)24(37-26)20-6-4-5-7-22(20)34-12-14-38(31,36)15-13-34/h4-7,18-19,21,31H,8-16H2,1-3H3,(H,33,35)/t18-,19+,21+/m0/s1. The van der Waals surface area contributed by atoms with Gasteiger partial charge in [0, 0.05) is 62.8 Å². The molecule has 0 spiro atoms. The molecule has 2 N–H and O–H groups in total. The smallest absolute Gasteiger partial charge is 0.225 e. The first kappa shape index (κ1) is 26.7. The van der Waals surface area contributed by atoms with Crippen LogP contribution in [-0.2, 0) is 19.9 Å². The number of nitrogens with one attached hydrogen (secondary N) is 2. The van der Waals surface area contributed by atoms with Crippen molar-refractivity contribution in [2.75, 3.05) is 29.5 Å². The van der Waals surface area contributed by atoms with E-state index in [-0.39, 0.29) is 18.2 Å². The minimum atomic E-state index is -2.56. The molecule has 0 radical (unpaired) electrons. The average Bonchev–Trinajstić information content (AvgIpc) is 3.49. The van der Waals surface area contributed by atoms with Crippen molar-refractivity contribution in [3.63, 3.8) is 0 Å². The van der Waals surface area contributed by atoms with Crippen molar-refractivity contribution in [3.8, 4) is 17.4 Å². The molecule has 2 aromatic rings. The van der Waals surface area contributed by atoms with Crippen molar-refractivity contribution < 1.29 is 17.8 Å². The molecule has 1 amide bonds. The van der Waals surface area contributed by atoms with Gasteiger partial charge in [0.15, 0.2) is 5.76 Å². The highest BCUT2D eigenvalue weighted by molar-refractivity contribution is 7.92. The summed E-state index contributed by atoms with van der Waals surface area (Å²) in [5.74, 6) is 0.426. The summed E-state index contributed by atoms with van der Waals surface area (Å²) in [6.45, 7) is 7.05. The minimum Gasteiger partial charge on any atom is -0.440 e. The highest BCUT2D eigenvalue weighted by Crippen LogP contribution is 2.46. The van der Waals surface area contributed by atoms with Crippen LogP contribution in [0, 0.1) is 22.0 Å². The van der Waals surface area contributed by atoms with Crippen LogP contribution in [0.4, 0.5) is 10.1 Å². The predicted octanol–water partition coefficient (Wildman–Crippen LogP) is 4.90. The molecule has 8 nitrogen and oxygen atoms in total. The van der Waals surface area contributed by atoms with Gasteiger partial charge in [0.25, 0.3) is 0 Å². The monoisotopic (exact) mass is 541 g/mol. The van der Waals surface area contributed by atoms with Crippen molar-refractivity contribution in [3.05, 3.63) is 35.9 Å². The van der Waals surface area contributed by atoms with Gasteiger partial charge in [-0.3, -0.25) is 9.57 Å². The lowest BCUT2D eigenvalue weighted by Gasteiger charge is -2.33. The number of para-hydroxylation sites is 1. The molecule has 10 heteroatoms. The summed E-state index contributed by atoms with van der Waals surface area (Å²) in [6.07, 6.45) is 1.01. The molecular weight excluding hydrogens is 505 g/mol. The summed E-state index contributed by atoms with van der Waals surface area (Å²) >= 11 is 0. The zero-order chi connectivity index (χ0) is 27.3. The van der Waals surface area contributed by atoms with Crippen LogP contribution in [0.3, 0.4) is 0 Å². The fourth-order valence-electron chi connectivity index (χ4n) is 5.46. The van der Waals surface area contributed by atoms with E-state index in [0.29, 0.717) is 67.6 Å². The van der Waals surface area contributed by atoms with E-state index in [4.69, 9.17) is 14.2 Å². The summed E-state index contributed by atoms with van der Waals surface area (Å²) < 4.78 is 41.4. The summed E-state index contributed by atoms with van der Waals surface area (Å²) in [4.78, 5) is 20.5. The third-order valence-electron chi connectivity index (χ3n) is 7.97. The first-order valence-electron chi connectivity index (χ1n) is 13.4. The Bertz CT molecular complexity index is 1360. The number of aromatic nitrogens is 1. The van der Waals surface area contributed by atoms with E-state index < -0.39 is 32.8 Å². The lowest BCUT2D eigenvalue weighted by atomic mass is 9.75. The summed E-state index contributed by atoms with van der Waals surface area (Å²) in [5, 5.41) is 12.4. The fourth-order valence-corrected chi connectivity index (χ4v) is 6.70. The molecule has 1 aliphatic heterocycles. The molecule has 204 valence electrons. The van der Waals surface area contributed by atoms with Crippen LogP contribution in [0.1, 0.15) is 70.4 Å². The van der Waals surface area contributed by atoms with Crippen LogP contribution >= 0.6 is 0 Å². The van der Waals surface area contributed by atoms with Crippen LogP contribution in [0.25, 0.3) is 11.3 Å². The molecule has 1 saturated heterocycles. The molecule has 1 aromatic heterocycles. The zero-order valence-corrected chi connectivity index (χ0v) is 23.1. The summed E-state index contributed by atoms with van der Waals surface area (Å²) in [7, 11) is -2.56. The number of amides is 1. The van der Waals surface area contributed by atoms with E-state index in [2.05, 4.69) is 16.3 Å². The first-order valence-corrected chi connectivity index (χ1v) is 15.3.